The minimum absolute atomic E-state index is 0.00228. The molecule has 2 heterocycles. The third-order valence-corrected chi connectivity index (χ3v) is 12.6. The number of carbonyl (C=O) groups is 4. The number of aliphatic hydroxyl groups is 1. The molecule has 1 aromatic carbocycles. The van der Waals surface area contributed by atoms with Crippen LogP contribution in [0.25, 0.3) is 0 Å². The Morgan fingerprint density at radius 2 is 1.80 bits per heavy atom. The van der Waals surface area contributed by atoms with E-state index in [2.05, 4.69) is 23.8 Å². The van der Waals surface area contributed by atoms with Crippen LogP contribution >= 0.6 is 0 Å². The van der Waals surface area contributed by atoms with E-state index in [0.717, 1.165) is 49.4 Å². The lowest BCUT2D eigenvalue weighted by atomic mass is 9.46. The highest BCUT2D eigenvalue weighted by Gasteiger charge is 2.70. The number of nitrogens with zero attached hydrogens (tertiary/aromatic N) is 2. The van der Waals surface area contributed by atoms with Crippen LogP contribution in [0.5, 0.6) is 0 Å². The second-order valence-electron chi connectivity index (χ2n) is 15.2. The smallest absolute Gasteiger partial charge is 0.375 e. The van der Waals surface area contributed by atoms with Crippen molar-refractivity contribution in [2.24, 2.45) is 28.6 Å². The molecule has 3 saturated carbocycles. The zero-order chi connectivity index (χ0) is 34.6. The van der Waals surface area contributed by atoms with Gasteiger partial charge in [-0.3, -0.25) is 14.4 Å². The molecule has 2 aromatic rings. The van der Waals surface area contributed by atoms with Gasteiger partial charge in [0.25, 0.3) is 0 Å². The van der Waals surface area contributed by atoms with E-state index in [1.807, 2.05) is 37.3 Å². The van der Waals surface area contributed by atoms with Crippen LogP contribution in [-0.2, 0) is 30.3 Å². The van der Waals surface area contributed by atoms with E-state index >= 15 is 0 Å². The standard InChI is InChI=1S/C39H46N2O8/c1-37-14-12-28(42)22-26(37)8-11-29-30-13-15-39(38(30,2)23-31(43)35(29)37,49-36(46)32-5-4-20-47-32)33(44)24-48-34(45)21-25-6-9-27(10-7-25)41-18-16-40(3)17-19-41/h4-7,9-10,12,14,20,22,29-31,35,43H,8,11,13,15-19,21,23-24H2,1-3H3/t29?,30?,31?,35?,37?,38?,39-/m0/s1. The van der Waals surface area contributed by atoms with E-state index in [9.17, 15) is 24.3 Å². The Bertz CT molecular complexity index is 1670. The molecule has 10 heteroatoms. The van der Waals surface area contributed by atoms with Gasteiger partial charge in [0.05, 0.1) is 18.8 Å². The Labute approximate surface area is 287 Å². The van der Waals surface area contributed by atoms with Gasteiger partial charge in [-0.15, -0.1) is 0 Å². The van der Waals surface area contributed by atoms with Crippen LogP contribution in [-0.4, -0.2) is 85.1 Å². The number of rotatable bonds is 8. The molecule has 1 aliphatic heterocycles. The number of hydrogen-bond donors (Lipinski definition) is 1. The number of ketones is 2. The number of allylic oxidation sites excluding steroid dienone is 4. The van der Waals surface area contributed by atoms with Crippen LogP contribution in [0.15, 0.2) is 70.9 Å². The molecule has 1 saturated heterocycles. The molecule has 7 atom stereocenters. The average molecular weight is 671 g/mol. The number of aliphatic hydroxyl groups excluding tert-OH is 1. The maximum absolute atomic E-state index is 14.4. The van der Waals surface area contributed by atoms with E-state index in [4.69, 9.17) is 13.9 Å². The van der Waals surface area contributed by atoms with Gasteiger partial charge in [0.1, 0.15) is 0 Å². The normalized spacial score (nSPS) is 34.0. The Balaban J connectivity index is 1.09. The molecule has 10 nitrogen and oxygen atoms in total. The molecule has 0 bridgehead atoms. The first-order chi connectivity index (χ1) is 23.4. The van der Waals surface area contributed by atoms with Gasteiger partial charge in [0.2, 0.25) is 11.5 Å². The van der Waals surface area contributed by atoms with E-state index < -0.39 is 46.9 Å². The number of fused-ring (bicyclic) bond motifs is 5. The van der Waals surface area contributed by atoms with Gasteiger partial charge >= 0.3 is 11.9 Å². The summed E-state index contributed by atoms with van der Waals surface area (Å²) in [6, 6.07) is 10.9. The summed E-state index contributed by atoms with van der Waals surface area (Å²) in [5.74, 6) is -2.03. The second kappa shape index (κ2) is 12.7. The summed E-state index contributed by atoms with van der Waals surface area (Å²) >= 11 is 0. The summed E-state index contributed by atoms with van der Waals surface area (Å²) in [6.45, 7) is 7.36. The Morgan fingerprint density at radius 1 is 1.04 bits per heavy atom. The molecule has 5 aliphatic rings. The topological polar surface area (TPSA) is 127 Å². The molecule has 260 valence electrons. The molecule has 1 aromatic heterocycles. The summed E-state index contributed by atoms with van der Waals surface area (Å²) in [6.07, 6.45) is 8.33. The number of Topliss-reactive ketones (excluding diaryl/α,β-unsaturated/α-hetero) is 1. The van der Waals surface area contributed by atoms with E-state index in [1.165, 1.54) is 12.3 Å². The van der Waals surface area contributed by atoms with Crippen LogP contribution in [0.2, 0.25) is 0 Å². The molecule has 7 rings (SSSR count). The predicted molar refractivity (Wildman–Crippen MR) is 181 cm³/mol. The maximum atomic E-state index is 14.4. The number of furan rings is 1. The minimum Gasteiger partial charge on any atom is -0.457 e. The minimum atomic E-state index is -1.63. The van der Waals surface area contributed by atoms with Gasteiger partial charge in [0, 0.05) is 48.6 Å². The van der Waals surface area contributed by atoms with Crippen LogP contribution < -0.4 is 4.90 Å². The van der Waals surface area contributed by atoms with Crippen molar-refractivity contribution in [1.82, 2.24) is 4.90 Å². The van der Waals surface area contributed by atoms with Crippen molar-refractivity contribution >= 4 is 29.2 Å². The summed E-state index contributed by atoms with van der Waals surface area (Å²) in [5, 5.41) is 11.9. The van der Waals surface area contributed by atoms with Crippen molar-refractivity contribution in [2.45, 2.75) is 64.1 Å². The lowest BCUT2D eigenvalue weighted by Gasteiger charge is -2.59. The number of ether oxygens (including phenoxy) is 2. The van der Waals surface area contributed by atoms with Crippen LogP contribution in [0.4, 0.5) is 5.69 Å². The molecule has 4 fully saturated rings. The SMILES string of the molecule is CN1CCN(c2ccc(CC(=O)OCC(=O)[C@@]3(OC(=O)c4ccco4)CCC4C5CCC6=CC(=O)C=CC6(C)C5C(O)CC43C)cc2)CC1. The summed E-state index contributed by atoms with van der Waals surface area (Å²) < 4.78 is 17.2. The Hall–Kier alpha value is -4.02. The van der Waals surface area contributed by atoms with Gasteiger partial charge < -0.3 is 28.8 Å². The molecule has 6 unspecified atom stereocenters. The van der Waals surface area contributed by atoms with Crippen LogP contribution in [0, 0.1) is 28.6 Å². The fourth-order valence-corrected chi connectivity index (χ4v) is 9.97. The van der Waals surface area contributed by atoms with Crippen molar-refractivity contribution in [3.8, 4) is 0 Å². The highest BCUT2D eigenvalue weighted by molar-refractivity contribution is 6.01. The zero-order valence-electron chi connectivity index (χ0n) is 28.6. The Kier molecular flexibility index (Phi) is 8.68. The molecule has 1 N–H and O–H groups in total. The highest BCUT2D eigenvalue weighted by Crippen LogP contribution is 2.68. The summed E-state index contributed by atoms with van der Waals surface area (Å²) in [5.41, 5.74) is -0.113. The van der Waals surface area contributed by atoms with E-state index in [1.54, 1.807) is 18.2 Å². The molecule has 49 heavy (non-hydrogen) atoms. The molecule has 0 radical (unpaired) electrons. The van der Waals surface area contributed by atoms with Gasteiger partial charge in [-0.05, 0) is 93.0 Å². The third-order valence-electron chi connectivity index (χ3n) is 12.6. The number of carbonyl (C=O) groups excluding carboxylic acids is 4. The van der Waals surface area contributed by atoms with Gasteiger partial charge in [0.15, 0.2) is 18.0 Å². The average Bonchev–Trinajstić information content (AvgIpc) is 3.72. The van der Waals surface area contributed by atoms with E-state index in [0.29, 0.717) is 12.8 Å². The highest BCUT2D eigenvalue weighted by atomic mass is 16.6. The largest absolute Gasteiger partial charge is 0.457 e. The lowest BCUT2D eigenvalue weighted by Crippen LogP contribution is -2.63. The number of hydrogen-bond acceptors (Lipinski definition) is 10. The number of piperazine rings is 1. The number of benzene rings is 1. The quantitative estimate of drug-likeness (QED) is 0.400. The predicted octanol–water partition coefficient (Wildman–Crippen LogP) is 4.56. The fourth-order valence-electron chi connectivity index (χ4n) is 9.97. The fraction of sp³-hybridized carbons (Fsp3) is 0.538. The van der Waals surface area contributed by atoms with E-state index in [-0.39, 0.29) is 48.6 Å². The van der Waals surface area contributed by atoms with Crippen molar-refractivity contribution in [1.29, 1.82) is 0 Å². The first-order valence-corrected chi connectivity index (χ1v) is 17.5. The first-order valence-electron chi connectivity index (χ1n) is 17.5. The monoisotopic (exact) mass is 670 g/mol. The molecular formula is C39H46N2O8. The Morgan fingerprint density at radius 3 is 2.51 bits per heavy atom. The maximum Gasteiger partial charge on any atom is 0.375 e. The van der Waals surface area contributed by atoms with Crippen LogP contribution in [0.1, 0.15) is 62.1 Å². The van der Waals surface area contributed by atoms with Gasteiger partial charge in [-0.1, -0.05) is 37.6 Å². The van der Waals surface area contributed by atoms with Crippen molar-refractivity contribution in [3.63, 3.8) is 0 Å². The van der Waals surface area contributed by atoms with Crippen molar-refractivity contribution in [3.05, 3.63) is 77.8 Å². The zero-order valence-corrected chi connectivity index (χ0v) is 28.6. The summed E-state index contributed by atoms with van der Waals surface area (Å²) in [4.78, 5) is 57.8. The molecule has 0 spiro atoms. The number of anilines is 1. The van der Waals surface area contributed by atoms with Crippen molar-refractivity contribution < 1.29 is 38.2 Å². The van der Waals surface area contributed by atoms with Gasteiger partial charge in [-0.25, -0.2) is 4.79 Å². The summed E-state index contributed by atoms with van der Waals surface area (Å²) in [7, 11) is 2.11. The molecule has 0 amide bonds. The first kappa shape index (κ1) is 33.5. The number of likely N-dealkylation sites (N-methyl/N-ethyl adjacent to an activating group) is 1. The number of esters is 2. The lowest BCUT2D eigenvalue weighted by molar-refractivity contribution is -0.182. The van der Waals surface area contributed by atoms with Gasteiger partial charge in [-0.2, -0.15) is 0 Å². The second-order valence-corrected chi connectivity index (χ2v) is 15.2. The van der Waals surface area contributed by atoms with Crippen molar-refractivity contribution in [2.75, 3.05) is 44.7 Å². The van der Waals surface area contributed by atoms with Crippen LogP contribution in [0.3, 0.4) is 0 Å². The molecule has 4 aliphatic carbocycles. The third kappa shape index (κ3) is 5.76. The molecular weight excluding hydrogens is 624 g/mol.